The average Bonchev–Trinajstić information content (AvgIpc) is 3.26. The maximum atomic E-state index is 14.7. The molecule has 0 radical (unpaired) electrons. The smallest absolute Gasteiger partial charge is 0.219 e. The number of H-pyrrole nitrogens is 1. The molecule has 172 valence electrons. The first-order chi connectivity index (χ1) is 15.8. The standard InChI is InChI=1S/C22H22F3N7O/c1-10(33)20-30-22(32-31-20)21-28-9-15(25)19(29-21)12-5-2-4-11(18(12)27)8-16(26)17-13(23)6-3-7-14(17)24/h3,6-10,12,33H,2,4-5,26-27H2,1H3,(H,30,31,32)/b16-8-/t10-,12?/m0/s1. The fourth-order valence-electron chi connectivity index (χ4n) is 3.79. The summed E-state index contributed by atoms with van der Waals surface area (Å²) in [6.45, 7) is 1.52. The van der Waals surface area contributed by atoms with Crippen LogP contribution in [0.15, 0.2) is 41.7 Å². The molecule has 0 aliphatic heterocycles. The third-order valence-corrected chi connectivity index (χ3v) is 5.47. The Kier molecular flexibility index (Phi) is 6.14. The first kappa shape index (κ1) is 22.5. The Morgan fingerprint density at radius 1 is 1.18 bits per heavy atom. The third kappa shape index (κ3) is 4.44. The van der Waals surface area contributed by atoms with E-state index >= 15 is 0 Å². The fraction of sp³-hybridized carbons (Fsp3) is 0.273. The van der Waals surface area contributed by atoms with Crippen LogP contribution >= 0.6 is 0 Å². The third-order valence-electron chi connectivity index (χ3n) is 5.47. The molecule has 0 spiro atoms. The molecule has 1 unspecified atom stereocenters. The summed E-state index contributed by atoms with van der Waals surface area (Å²) in [5.74, 6) is -2.44. The highest BCUT2D eigenvalue weighted by Gasteiger charge is 2.27. The molecule has 0 bridgehead atoms. The number of hydrogen-bond acceptors (Lipinski definition) is 7. The minimum absolute atomic E-state index is 0.0575. The van der Waals surface area contributed by atoms with Crippen LogP contribution in [0.5, 0.6) is 0 Å². The van der Waals surface area contributed by atoms with Crippen LogP contribution < -0.4 is 11.5 Å². The number of aliphatic hydroxyl groups is 1. The van der Waals surface area contributed by atoms with Crippen LogP contribution in [0, 0.1) is 17.5 Å². The molecule has 0 saturated heterocycles. The number of benzene rings is 1. The first-order valence-electron chi connectivity index (χ1n) is 10.3. The highest BCUT2D eigenvalue weighted by Crippen LogP contribution is 2.37. The molecule has 1 aromatic carbocycles. The van der Waals surface area contributed by atoms with Crippen LogP contribution in [-0.4, -0.2) is 30.3 Å². The van der Waals surface area contributed by atoms with Gasteiger partial charge in [-0.2, -0.15) is 0 Å². The van der Waals surface area contributed by atoms with E-state index in [1.54, 1.807) is 0 Å². The van der Waals surface area contributed by atoms with Crippen LogP contribution in [0.4, 0.5) is 13.2 Å². The summed E-state index contributed by atoms with van der Waals surface area (Å²) in [6, 6.07) is 3.48. The quantitative estimate of drug-likeness (QED) is 0.461. The normalized spacial score (nSPS) is 18.0. The Morgan fingerprint density at radius 2 is 1.91 bits per heavy atom. The van der Waals surface area contributed by atoms with Gasteiger partial charge in [-0.25, -0.2) is 28.1 Å². The van der Waals surface area contributed by atoms with Gasteiger partial charge in [-0.1, -0.05) is 6.07 Å². The topological polar surface area (TPSA) is 140 Å². The molecule has 0 saturated carbocycles. The van der Waals surface area contributed by atoms with Gasteiger partial charge in [0.25, 0.3) is 0 Å². The predicted octanol–water partition coefficient (Wildman–Crippen LogP) is 3.21. The van der Waals surface area contributed by atoms with E-state index in [2.05, 4.69) is 25.1 Å². The summed E-state index contributed by atoms with van der Waals surface area (Å²) < 4.78 is 42.9. The minimum Gasteiger partial charge on any atom is -0.401 e. The molecular formula is C22H22F3N7O. The van der Waals surface area contributed by atoms with Crippen molar-refractivity contribution in [2.24, 2.45) is 11.5 Å². The van der Waals surface area contributed by atoms with Gasteiger partial charge in [0.15, 0.2) is 17.5 Å². The Balaban J connectivity index is 1.71. The number of halogens is 3. The van der Waals surface area contributed by atoms with Crippen molar-refractivity contribution in [1.82, 2.24) is 25.1 Å². The van der Waals surface area contributed by atoms with Crippen LogP contribution in [0.3, 0.4) is 0 Å². The van der Waals surface area contributed by atoms with E-state index in [1.165, 1.54) is 19.1 Å². The number of aromatic nitrogens is 5. The zero-order chi connectivity index (χ0) is 23.7. The summed E-state index contributed by atoms with van der Waals surface area (Å²) in [5.41, 5.74) is 12.8. The molecule has 0 fully saturated rings. The Bertz CT molecular complexity index is 1230. The van der Waals surface area contributed by atoms with Crippen molar-refractivity contribution < 1.29 is 18.3 Å². The van der Waals surface area contributed by atoms with Gasteiger partial charge in [-0.3, -0.25) is 5.10 Å². The lowest BCUT2D eigenvalue weighted by Gasteiger charge is -2.25. The van der Waals surface area contributed by atoms with E-state index in [9.17, 15) is 18.3 Å². The predicted molar refractivity (Wildman–Crippen MR) is 114 cm³/mol. The maximum Gasteiger partial charge on any atom is 0.219 e. The first-order valence-corrected chi connectivity index (χ1v) is 10.3. The molecule has 2 heterocycles. The summed E-state index contributed by atoms with van der Waals surface area (Å²) in [5, 5.41) is 16.2. The Labute approximate surface area is 187 Å². The molecule has 2 aromatic heterocycles. The largest absolute Gasteiger partial charge is 0.401 e. The molecule has 2 atom stereocenters. The second-order valence-corrected chi connectivity index (χ2v) is 7.77. The molecule has 3 aromatic rings. The van der Waals surface area contributed by atoms with Crippen LogP contribution in [-0.2, 0) is 0 Å². The molecule has 6 N–H and O–H groups in total. The number of hydrogen-bond donors (Lipinski definition) is 4. The Hall–Kier alpha value is -3.73. The zero-order valence-electron chi connectivity index (χ0n) is 17.7. The number of nitrogens with one attached hydrogen (secondary N) is 1. The van der Waals surface area contributed by atoms with Crippen molar-refractivity contribution in [3.05, 3.63) is 76.3 Å². The monoisotopic (exact) mass is 457 g/mol. The average molecular weight is 457 g/mol. The van der Waals surface area contributed by atoms with Gasteiger partial charge in [0.2, 0.25) is 5.82 Å². The van der Waals surface area contributed by atoms with E-state index in [-0.39, 0.29) is 34.4 Å². The highest BCUT2D eigenvalue weighted by molar-refractivity contribution is 5.67. The summed E-state index contributed by atoms with van der Waals surface area (Å²) in [4.78, 5) is 12.3. The number of rotatable bonds is 5. The van der Waals surface area contributed by atoms with Crippen molar-refractivity contribution in [1.29, 1.82) is 0 Å². The van der Waals surface area contributed by atoms with E-state index in [0.717, 1.165) is 18.3 Å². The van der Waals surface area contributed by atoms with Crippen LogP contribution in [0.1, 0.15) is 55.3 Å². The lowest BCUT2D eigenvalue weighted by atomic mass is 9.84. The van der Waals surface area contributed by atoms with Gasteiger partial charge >= 0.3 is 0 Å². The minimum atomic E-state index is -0.873. The lowest BCUT2D eigenvalue weighted by molar-refractivity contribution is 0.189. The number of nitrogens with zero attached hydrogens (tertiary/aromatic N) is 4. The van der Waals surface area contributed by atoms with Crippen molar-refractivity contribution in [3.8, 4) is 11.6 Å². The van der Waals surface area contributed by atoms with Crippen molar-refractivity contribution >= 4 is 5.70 Å². The molecular weight excluding hydrogens is 435 g/mol. The number of allylic oxidation sites excluding steroid dienone is 3. The zero-order valence-corrected chi connectivity index (χ0v) is 17.7. The summed E-state index contributed by atoms with van der Waals surface area (Å²) >= 11 is 0. The van der Waals surface area contributed by atoms with Crippen molar-refractivity contribution in [3.63, 3.8) is 0 Å². The van der Waals surface area contributed by atoms with Gasteiger partial charge in [-0.15, -0.1) is 5.10 Å². The maximum absolute atomic E-state index is 14.7. The second kappa shape index (κ2) is 9.02. The van der Waals surface area contributed by atoms with Gasteiger partial charge in [-0.05, 0) is 50.0 Å². The molecule has 0 amide bonds. The van der Waals surface area contributed by atoms with Crippen LogP contribution in [0.2, 0.25) is 0 Å². The van der Waals surface area contributed by atoms with E-state index < -0.39 is 29.5 Å². The highest BCUT2D eigenvalue weighted by atomic mass is 19.1. The molecule has 1 aliphatic rings. The van der Waals surface area contributed by atoms with E-state index in [1.807, 2.05) is 0 Å². The molecule has 1 aliphatic carbocycles. The SMILES string of the molecule is C[C@H](O)c1nc(-c2ncc(F)c(C3CCCC(/C=C(\N)c4c(F)cccc4F)=C3N)n2)n[nH]1. The van der Waals surface area contributed by atoms with Gasteiger partial charge in [0.05, 0.1) is 17.5 Å². The van der Waals surface area contributed by atoms with Gasteiger partial charge in [0.1, 0.15) is 17.7 Å². The van der Waals surface area contributed by atoms with Gasteiger partial charge < -0.3 is 16.6 Å². The Morgan fingerprint density at radius 3 is 2.58 bits per heavy atom. The summed E-state index contributed by atoms with van der Waals surface area (Å²) in [7, 11) is 0. The van der Waals surface area contributed by atoms with Crippen molar-refractivity contribution in [2.75, 3.05) is 0 Å². The van der Waals surface area contributed by atoms with E-state index in [0.29, 0.717) is 30.5 Å². The number of aliphatic hydroxyl groups excluding tert-OH is 1. The molecule has 4 rings (SSSR count). The van der Waals surface area contributed by atoms with Crippen molar-refractivity contribution in [2.45, 2.75) is 38.2 Å². The summed E-state index contributed by atoms with van der Waals surface area (Å²) in [6.07, 6.45) is 3.22. The molecule has 11 heteroatoms. The fourth-order valence-corrected chi connectivity index (χ4v) is 3.79. The number of aromatic amines is 1. The molecule has 8 nitrogen and oxygen atoms in total. The van der Waals surface area contributed by atoms with E-state index in [4.69, 9.17) is 11.5 Å². The number of nitrogens with two attached hydrogens (primary N) is 2. The second-order valence-electron chi connectivity index (χ2n) is 7.77. The van der Waals surface area contributed by atoms with Crippen LogP contribution in [0.25, 0.3) is 17.3 Å². The van der Waals surface area contributed by atoms with Gasteiger partial charge in [0, 0.05) is 17.3 Å². The lowest BCUT2D eigenvalue weighted by Crippen LogP contribution is -2.20. The molecule has 33 heavy (non-hydrogen) atoms.